The Hall–Kier alpha value is -0.180. The molecule has 0 aliphatic heterocycles. The van der Waals surface area contributed by atoms with Gasteiger partial charge in [-0.2, -0.15) is 11.8 Å². The first kappa shape index (κ1) is 9.82. The third kappa shape index (κ3) is 7.82. The molecule has 2 N–H and O–H groups in total. The van der Waals surface area contributed by atoms with Crippen molar-refractivity contribution in [1.82, 2.24) is 0 Å². The van der Waals surface area contributed by atoms with Gasteiger partial charge in [-0.05, 0) is 11.2 Å². The number of carbonyl (C=O) groups excluding carboxylic acids is 1. The summed E-state index contributed by atoms with van der Waals surface area (Å²) in [6.45, 7) is 6.42. The van der Waals surface area contributed by atoms with Crippen molar-refractivity contribution in [2.45, 2.75) is 20.8 Å². The second kappa shape index (κ2) is 3.86. The van der Waals surface area contributed by atoms with Crippen molar-refractivity contribution < 1.29 is 4.79 Å². The number of rotatable bonds is 3. The van der Waals surface area contributed by atoms with Crippen LogP contribution in [-0.2, 0) is 4.79 Å². The molecule has 2 nitrogen and oxygen atoms in total. The molecular formula is C7H15NOS. The molecule has 0 saturated heterocycles. The maximum absolute atomic E-state index is 10.3. The maximum atomic E-state index is 10.3. The van der Waals surface area contributed by atoms with E-state index in [1.54, 1.807) is 11.8 Å². The van der Waals surface area contributed by atoms with Crippen molar-refractivity contribution in [3.05, 3.63) is 0 Å². The number of primary amides is 1. The first-order chi connectivity index (χ1) is 4.42. The highest BCUT2D eigenvalue weighted by atomic mass is 32.2. The minimum atomic E-state index is -0.228. The van der Waals surface area contributed by atoms with Gasteiger partial charge in [-0.25, -0.2) is 0 Å². The second-order valence-corrected chi connectivity index (χ2v) is 4.51. The lowest BCUT2D eigenvalue weighted by atomic mass is 10.0. The van der Waals surface area contributed by atoms with E-state index in [9.17, 15) is 4.79 Å². The molecule has 0 fully saturated rings. The standard InChI is InChI=1S/C7H15NOS/c1-7(2,3)5-10-4-6(8)9/h4-5H2,1-3H3,(H2,8,9). The van der Waals surface area contributed by atoms with Gasteiger partial charge in [-0.1, -0.05) is 20.8 Å². The van der Waals surface area contributed by atoms with Gasteiger partial charge in [0.15, 0.2) is 0 Å². The topological polar surface area (TPSA) is 43.1 Å². The molecule has 0 aromatic heterocycles. The quantitative estimate of drug-likeness (QED) is 0.677. The van der Waals surface area contributed by atoms with Crippen molar-refractivity contribution in [2.24, 2.45) is 11.1 Å². The summed E-state index contributed by atoms with van der Waals surface area (Å²) in [5.74, 6) is 1.20. The maximum Gasteiger partial charge on any atom is 0.227 e. The van der Waals surface area contributed by atoms with Gasteiger partial charge >= 0.3 is 0 Å². The minimum absolute atomic E-state index is 0.228. The van der Waals surface area contributed by atoms with Crippen LogP contribution in [0.4, 0.5) is 0 Å². The van der Waals surface area contributed by atoms with Crippen molar-refractivity contribution in [3.8, 4) is 0 Å². The van der Waals surface area contributed by atoms with Crippen LogP contribution in [0.3, 0.4) is 0 Å². The highest BCUT2D eigenvalue weighted by Crippen LogP contribution is 2.19. The van der Waals surface area contributed by atoms with Gasteiger partial charge in [0.1, 0.15) is 0 Å². The summed E-state index contributed by atoms with van der Waals surface area (Å²) in [7, 11) is 0. The summed E-state index contributed by atoms with van der Waals surface area (Å²) >= 11 is 1.59. The Morgan fingerprint density at radius 2 is 2.00 bits per heavy atom. The number of nitrogens with two attached hydrogens (primary N) is 1. The molecule has 3 heteroatoms. The Morgan fingerprint density at radius 1 is 1.50 bits per heavy atom. The largest absolute Gasteiger partial charge is 0.369 e. The summed E-state index contributed by atoms with van der Waals surface area (Å²) in [4.78, 5) is 10.3. The first-order valence-electron chi connectivity index (χ1n) is 3.28. The molecule has 60 valence electrons. The highest BCUT2D eigenvalue weighted by molar-refractivity contribution is 7.99. The van der Waals surface area contributed by atoms with E-state index < -0.39 is 0 Å². The van der Waals surface area contributed by atoms with Crippen LogP contribution in [0.15, 0.2) is 0 Å². The van der Waals surface area contributed by atoms with E-state index in [0.717, 1.165) is 5.75 Å². The molecule has 0 radical (unpaired) electrons. The molecule has 0 atom stereocenters. The summed E-state index contributed by atoms with van der Waals surface area (Å²) in [5.41, 5.74) is 5.25. The Labute approximate surface area is 66.6 Å². The van der Waals surface area contributed by atoms with E-state index in [1.165, 1.54) is 0 Å². The fraction of sp³-hybridized carbons (Fsp3) is 0.857. The number of amides is 1. The van der Waals surface area contributed by atoms with Crippen molar-refractivity contribution in [3.63, 3.8) is 0 Å². The van der Waals surface area contributed by atoms with Gasteiger partial charge in [0.25, 0.3) is 0 Å². The molecule has 0 aliphatic carbocycles. The van der Waals surface area contributed by atoms with Crippen LogP contribution in [0.25, 0.3) is 0 Å². The molecule has 0 saturated carbocycles. The molecule has 0 aromatic rings. The van der Waals surface area contributed by atoms with Gasteiger partial charge in [0, 0.05) is 0 Å². The van der Waals surface area contributed by atoms with Gasteiger partial charge in [0.2, 0.25) is 5.91 Å². The molecule has 0 spiro atoms. The lowest BCUT2D eigenvalue weighted by Gasteiger charge is -2.16. The van der Waals surface area contributed by atoms with E-state index >= 15 is 0 Å². The zero-order chi connectivity index (χ0) is 8.20. The molecule has 1 amide bonds. The van der Waals surface area contributed by atoms with Crippen LogP contribution in [-0.4, -0.2) is 17.4 Å². The molecule has 0 unspecified atom stereocenters. The van der Waals surface area contributed by atoms with Gasteiger partial charge < -0.3 is 5.73 Å². The predicted molar refractivity (Wildman–Crippen MR) is 46.0 cm³/mol. The fourth-order valence-electron chi connectivity index (χ4n) is 0.458. The molecule has 0 heterocycles. The Balaban J connectivity index is 3.29. The molecular weight excluding hydrogens is 146 g/mol. The van der Waals surface area contributed by atoms with Crippen LogP contribution < -0.4 is 5.73 Å². The van der Waals surface area contributed by atoms with Crippen molar-refractivity contribution in [2.75, 3.05) is 11.5 Å². The lowest BCUT2D eigenvalue weighted by molar-refractivity contribution is -0.115. The predicted octanol–water partition coefficient (Wildman–Crippen LogP) is 1.25. The summed E-state index contributed by atoms with van der Waals surface area (Å²) in [6, 6.07) is 0. The van der Waals surface area contributed by atoms with Gasteiger partial charge in [-0.3, -0.25) is 4.79 Å². The van der Waals surface area contributed by atoms with E-state index in [-0.39, 0.29) is 5.91 Å². The highest BCUT2D eigenvalue weighted by Gasteiger charge is 2.09. The van der Waals surface area contributed by atoms with Crippen molar-refractivity contribution in [1.29, 1.82) is 0 Å². The number of hydrogen-bond acceptors (Lipinski definition) is 2. The summed E-state index contributed by atoms with van der Waals surface area (Å²) < 4.78 is 0. The monoisotopic (exact) mass is 161 g/mol. The molecule has 0 bridgehead atoms. The van der Waals surface area contributed by atoms with Crippen LogP contribution in [0.1, 0.15) is 20.8 Å². The molecule has 0 rings (SSSR count). The number of thioether (sulfide) groups is 1. The number of carbonyl (C=O) groups is 1. The van der Waals surface area contributed by atoms with Crippen LogP contribution in [0.2, 0.25) is 0 Å². The number of hydrogen-bond donors (Lipinski definition) is 1. The van der Waals surface area contributed by atoms with E-state index in [1.807, 2.05) is 0 Å². The molecule has 10 heavy (non-hydrogen) atoms. The zero-order valence-electron chi connectivity index (χ0n) is 6.81. The van der Waals surface area contributed by atoms with Crippen LogP contribution in [0.5, 0.6) is 0 Å². The SMILES string of the molecule is CC(C)(C)CSCC(N)=O. The van der Waals surface area contributed by atoms with E-state index in [0.29, 0.717) is 11.2 Å². The van der Waals surface area contributed by atoms with E-state index in [2.05, 4.69) is 20.8 Å². The zero-order valence-corrected chi connectivity index (χ0v) is 7.62. The van der Waals surface area contributed by atoms with E-state index in [4.69, 9.17) is 5.73 Å². The first-order valence-corrected chi connectivity index (χ1v) is 4.43. The normalized spacial score (nSPS) is 11.5. The third-order valence-corrected chi connectivity index (χ3v) is 2.34. The second-order valence-electron chi connectivity index (χ2n) is 3.52. The van der Waals surface area contributed by atoms with Crippen LogP contribution in [0, 0.1) is 5.41 Å². The molecule has 0 aromatic carbocycles. The molecule has 0 aliphatic rings. The van der Waals surface area contributed by atoms with Gasteiger partial charge in [-0.15, -0.1) is 0 Å². The average Bonchev–Trinajstić information content (AvgIpc) is 1.59. The Kier molecular flexibility index (Phi) is 3.79. The van der Waals surface area contributed by atoms with Crippen LogP contribution >= 0.6 is 11.8 Å². The smallest absolute Gasteiger partial charge is 0.227 e. The average molecular weight is 161 g/mol. The van der Waals surface area contributed by atoms with Gasteiger partial charge in [0.05, 0.1) is 5.75 Å². The fourth-order valence-corrected chi connectivity index (χ4v) is 1.37. The minimum Gasteiger partial charge on any atom is -0.369 e. The third-order valence-electron chi connectivity index (χ3n) is 0.779. The summed E-state index contributed by atoms with van der Waals surface area (Å²) in [5, 5.41) is 0. The Morgan fingerprint density at radius 3 is 2.30 bits per heavy atom. The van der Waals surface area contributed by atoms with Crippen molar-refractivity contribution >= 4 is 17.7 Å². The Bertz CT molecular complexity index is 117. The lowest BCUT2D eigenvalue weighted by Crippen LogP contribution is -2.16. The summed E-state index contributed by atoms with van der Waals surface area (Å²) in [6.07, 6.45) is 0.